The monoisotopic (exact) mass is 254 g/mol. The van der Waals surface area contributed by atoms with Crippen LogP contribution in [-0.4, -0.2) is 19.1 Å². The van der Waals surface area contributed by atoms with Crippen LogP contribution in [0.2, 0.25) is 0 Å². The number of rotatable bonds is 3. The predicted molar refractivity (Wildman–Crippen MR) is 77.9 cm³/mol. The van der Waals surface area contributed by atoms with Crippen molar-refractivity contribution in [3.05, 3.63) is 53.6 Å². The molecule has 98 valence electrons. The summed E-state index contributed by atoms with van der Waals surface area (Å²) in [4.78, 5) is 2.32. The molecule has 0 radical (unpaired) electrons. The Kier molecular flexibility index (Phi) is 3.13. The van der Waals surface area contributed by atoms with Gasteiger partial charge in [-0.15, -0.1) is 0 Å². The topological polar surface area (TPSA) is 24.5 Å². The third-order valence-electron chi connectivity index (χ3n) is 3.47. The van der Waals surface area contributed by atoms with Crippen LogP contribution in [0.5, 0.6) is 5.75 Å². The van der Waals surface area contributed by atoms with Gasteiger partial charge in [-0.2, -0.15) is 0 Å². The summed E-state index contributed by atoms with van der Waals surface area (Å²) >= 11 is 0. The highest BCUT2D eigenvalue weighted by Crippen LogP contribution is 2.30. The fourth-order valence-electron chi connectivity index (χ4n) is 2.55. The molecule has 3 heteroatoms. The molecule has 3 nitrogen and oxygen atoms in total. The summed E-state index contributed by atoms with van der Waals surface area (Å²) in [6.45, 7) is 2.07. The van der Waals surface area contributed by atoms with E-state index in [9.17, 15) is 0 Å². The van der Waals surface area contributed by atoms with Gasteiger partial charge < -0.3 is 10.1 Å². The Hall–Kier alpha value is -2.00. The number of hydrogen-bond donors (Lipinski definition) is 1. The second-order valence-electron chi connectivity index (χ2n) is 4.98. The lowest BCUT2D eigenvalue weighted by Gasteiger charge is -2.11. The minimum atomic E-state index is 0.861. The lowest BCUT2D eigenvalue weighted by atomic mass is 10.1. The molecular formula is C16H18N2O. The van der Waals surface area contributed by atoms with Crippen molar-refractivity contribution in [3.8, 4) is 5.75 Å². The Bertz CT molecular complexity index is 595. The normalized spacial score (nSPS) is 14.2. The molecule has 2 aromatic rings. The van der Waals surface area contributed by atoms with Crippen LogP contribution in [0.1, 0.15) is 11.1 Å². The van der Waals surface area contributed by atoms with Crippen molar-refractivity contribution in [2.24, 2.45) is 0 Å². The summed E-state index contributed by atoms with van der Waals surface area (Å²) in [5.74, 6) is 0.861. The van der Waals surface area contributed by atoms with Gasteiger partial charge >= 0.3 is 0 Å². The number of fused-ring (bicyclic) bond motifs is 1. The van der Waals surface area contributed by atoms with Crippen molar-refractivity contribution in [3.63, 3.8) is 0 Å². The summed E-state index contributed by atoms with van der Waals surface area (Å²) in [5, 5.41) is 3.42. The fraction of sp³-hybridized carbons (Fsp3) is 0.250. The molecule has 0 unspecified atom stereocenters. The van der Waals surface area contributed by atoms with Gasteiger partial charge in [-0.05, 0) is 42.4 Å². The summed E-state index contributed by atoms with van der Waals surface area (Å²) in [6, 6.07) is 14.5. The largest absolute Gasteiger partial charge is 0.495 e. The molecule has 1 aliphatic heterocycles. The van der Waals surface area contributed by atoms with Crippen LogP contribution in [0.25, 0.3) is 0 Å². The van der Waals surface area contributed by atoms with Gasteiger partial charge in [-0.25, -0.2) is 0 Å². The highest BCUT2D eigenvalue weighted by molar-refractivity contribution is 5.67. The summed E-state index contributed by atoms with van der Waals surface area (Å²) in [5.41, 5.74) is 4.94. The van der Waals surface area contributed by atoms with Crippen LogP contribution in [0.4, 0.5) is 11.4 Å². The Morgan fingerprint density at radius 1 is 1.05 bits per heavy atom. The number of benzene rings is 2. The first-order valence-corrected chi connectivity index (χ1v) is 6.46. The summed E-state index contributed by atoms with van der Waals surface area (Å²) < 4.78 is 5.36. The van der Waals surface area contributed by atoms with Gasteiger partial charge in [-0.1, -0.05) is 18.2 Å². The molecule has 2 aromatic carbocycles. The standard InChI is InChI=1S/C16H18N2O/c1-18-10-12-7-8-14(9-13(12)11-18)17-15-5-3-4-6-16(15)19-2/h3-9,17H,10-11H2,1-2H3. The van der Waals surface area contributed by atoms with Gasteiger partial charge in [0.1, 0.15) is 5.75 Å². The zero-order valence-corrected chi connectivity index (χ0v) is 11.3. The van der Waals surface area contributed by atoms with Crippen molar-refractivity contribution in [1.29, 1.82) is 0 Å². The molecule has 0 spiro atoms. The van der Waals surface area contributed by atoms with E-state index >= 15 is 0 Å². The summed E-state index contributed by atoms with van der Waals surface area (Å²) in [6.07, 6.45) is 0. The maximum Gasteiger partial charge on any atom is 0.142 e. The number of anilines is 2. The lowest BCUT2D eigenvalue weighted by Crippen LogP contribution is -2.07. The molecule has 3 rings (SSSR count). The van der Waals surface area contributed by atoms with Crippen molar-refractivity contribution >= 4 is 11.4 Å². The molecule has 0 bridgehead atoms. The highest BCUT2D eigenvalue weighted by Gasteiger charge is 2.15. The maximum absolute atomic E-state index is 5.36. The van der Waals surface area contributed by atoms with E-state index in [0.29, 0.717) is 0 Å². The minimum absolute atomic E-state index is 0.861. The zero-order valence-electron chi connectivity index (χ0n) is 11.3. The molecule has 0 atom stereocenters. The van der Waals surface area contributed by atoms with Crippen LogP contribution in [0.15, 0.2) is 42.5 Å². The van der Waals surface area contributed by atoms with Gasteiger partial charge in [-0.3, -0.25) is 4.90 Å². The number of para-hydroxylation sites is 2. The van der Waals surface area contributed by atoms with Crippen LogP contribution in [0, 0.1) is 0 Å². The summed E-state index contributed by atoms with van der Waals surface area (Å²) in [7, 11) is 3.84. The van der Waals surface area contributed by atoms with Gasteiger partial charge in [0.05, 0.1) is 12.8 Å². The van der Waals surface area contributed by atoms with E-state index in [1.54, 1.807) is 7.11 Å². The van der Waals surface area contributed by atoms with Gasteiger partial charge in [0.25, 0.3) is 0 Å². The van der Waals surface area contributed by atoms with Crippen molar-refractivity contribution in [2.75, 3.05) is 19.5 Å². The van der Waals surface area contributed by atoms with E-state index in [4.69, 9.17) is 4.74 Å². The van der Waals surface area contributed by atoms with Crippen LogP contribution < -0.4 is 10.1 Å². The highest BCUT2D eigenvalue weighted by atomic mass is 16.5. The zero-order chi connectivity index (χ0) is 13.2. The van der Waals surface area contributed by atoms with Crippen LogP contribution >= 0.6 is 0 Å². The van der Waals surface area contributed by atoms with Gasteiger partial charge in [0.15, 0.2) is 0 Å². The van der Waals surface area contributed by atoms with E-state index < -0.39 is 0 Å². The predicted octanol–water partition coefficient (Wildman–Crippen LogP) is 3.38. The van der Waals surface area contributed by atoms with Crippen molar-refractivity contribution < 1.29 is 4.74 Å². The quantitative estimate of drug-likeness (QED) is 0.908. The SMILES string of the molecule is COc1ccccc1Nc1ccc2c(c1)CN(C)C2. The first-order chi connectivity index (χ1) is 9.26. The fourth-order valence-corrected chi connectivity index (χ4v) is 2.55. The Labute approximate surface area is 113 Å². The number of hydrogen-bond acceptors (Lipinski definition) is 3. The van der Waals surface area contributed by atoms with E-state index in [0.717, 1.165) is 30.2 Å². The van der Waals surface area contributed by atoms with Crippen molar-refractivity contribution in [1.82, 2.24) is 4.90 Å². The van der Waals surface area contributed by atoms with Gasteiger partial charge in [0.2, 0.25) is 0 Å². The second kappa shape index (κ2) is 4.94. The molecule has 19 heavy (non-hydrogen) atoms. The maximum atomic E-state index is 5.36. The molecule has 0 saturated heterocycles. The smallest absolute Gasteiger partial charge is 0.142 e. The lowest BCUT2D eigenvalue weighted by molar-refractivity contribution is 0.353. The number of ether oxygens (including phenoxy) is 1. The molecule has 0 amide bonds. The first kappa shape index (κ1) is 12.1. The number of nitrogens with one attached hydrogen (secondary N) is 1. The molecule has 1 N–H and O–H groups in total. The average Bonchev–Trinajstić information content (AvgIpc) is 2.79. The minimum Gasteiger partial charge on any atom is -0.495 e. The molecule has 1 heterocycles. The molecule has 0 aliphatic carbocycles. The first-order valence-electron chi connectivity index (χ1n) is 6.46. The van der Waals surface area contributed by atoms with E-state index in [-0.39, 0.29) is 0 Å². The molecular weight excluding hydrogens is 236 g/mol. The average molecular weight is 254 g/mol. The van der Waals surface area contributed by atoms with Crippen LogP contribution in [0.3, 0.4) is 0 Å². The Balaban J connectivity index is 1.86. The molecule has 0 fully saturated rings. The van der Waals surface area contributed by atoms with E-state index in [1.165, 1.54) is 11.1 Å². The third kappa shape index (κ3) is 2.42. The Morgan fingerprint density at radius 3 is 2.68 bits per heavy atom. The van der Waals surface area contributed by atoms with E-state index in [1.807, 2.05) is 24.3 Å². The third-order valence-corrected chi connectivity index (χ3v) is 3.47. The molecule has 1 aliphatic rings. The van der Waals surface area contributed by atoms with Crippen molar-refractivity contribution in [2.45, 2.75) is 13.1 Å². The number of nitrogens with zero attached hydrogens (tertiary/aromatic N) is 1. The van der Waals surface area contributed by atoms with Crippen LogP contribution in [-0.2, 0) is 13.1 Å². The Morgan fingerprint density at radius 2 is 1.84 bits per heavy atom. The van der Waals surface area contributed by atoms with E-state index in [2.05, 4.69) is 35.5 Å². The second-order valence-corrected chi connectivity index (χ2v) is 4.98. The molecule has 0 aromatic heterocycles. The molecule has 0 saturated carbocycles. The number of methoxy groups -OCH3 is 1. The van der Waals surface area contributed by atoms with Gasteiger partial charge in [0, 0.05) is 18.8 Å².